The maximum absolute atomic E-state index is 12.2. The lowest BCUT2D eigenvalue weighted by atomic mass is 10.1. The smallest absolute Gasteiger partial charge is 0.257 e. The monoisotopic (exact) mass is 287 g/mol. The molecule has 20 heavy (non-hydrogen) atoms. The molecule has 5 N–H and O–H groups in total. The lowest BCUT2D eigenvalue weighted by Gasteiger charge is -2.09. The van der Waals surface area contributed by atoms with Crippen LogP contribution in [0.15, 0.2) is 48.0 Å². The number of hydrogen-bond acceptors (Lipinski definition) is 3. The van der Waals surface area contributed by atoms with Crippen LogP contribution >= 0.6 is 11.6 Å². The molecule has 5 heteroatoms. The maximum atomic E-state index is 12.2. The van der Waals surface area contributed by atoms with Crippen LogP contribution in [-0.4, -0.2) is 5.91 Å². The second-order valence-corrected chi connectivity index (χ2v) is 4.43. The van der Waals surface area contributed by atoms with Crippen LogP contribution in [-0.2, 0) is 0 Å². The van der Waals surface area contributed by atoms with Gasteiger partial charge in [0.15, 0.2) is 0 Å². The lowest BCUT2D eigenvalue weighted by molar-refractivity contribution is 0.102. The van der Waals surface area contributed by atoms with Gasteiger partial charge in [-0.1, -0.05) is 29.8 Å². The van der Waals surface area contributed by atoms with Crippen LogP contribution in [0.2, 0.25) is 0 Å². The van der Waals surface area contributed by atoms with Crippen molar-refractivity contribution in [2.75, 3.05) is 16.8 Å². The Morgan fingerprint density at radius 2 is 1.90 bits per heavy atom. The fourth-order valence-electron chi connectivity index (χ4n) is 1.77. The molecule has 0 saturated carbocycles. The van der Waals surface area contributed by atoms with Crippen molar-refractivity contribution < 1.29 is 4.79 Å². The molecule has 0 aliphatic heterocycles. The van der Waals surface area contributed by atoms with E-state index in [-0.39, 0.29) is 11.6 Å². The van der Waals surface area contributed by atoms with Gasteiger partial charge in [0.05, 0.1) is 16.9 Å². The van der Waals surface area contributed by atoms with Crippen molar-refractivity contribution in [3.8, 4) is 0 Å². The summed E-state index contributed by atoms with van der Waals surface area (Å²) in [6, 6.07) is 12.3. The molecule has 0 radical (unpaired) electrons. The van der Waals surface area contributed by atoms with Crippen LogP contribution in [0.5, 0.6) is 0 Å². The van der Waals surface area contributed by atoms with Crippen LogP contribution in [0.4, 0.5) is 17.1 Å². The third-order valence-corrected chi connectivity index (χ3v) is 2.91. The Hall–Kier alpha value is -2.46. The lowest BCUT2D eigenvalue weighted by Crippen LogP contribution is -2.14. The van der Waals surface area contributed by atoms with Crippen LogP contribution in [0.25, 0.3) is 6.08 Å². The molecule has 0 aromatic heterocycles. The molecular formula is C15H14ClN3O. The molecule has 4 nitrogen and oxygen atoms in total. The molecule has 1 amide bonds. The fraction of sp³-hybridized carbons (Fsp3) is 0. The number of benzene rings is 2. The van der Waals surface area contributed by atoms with E-state index in [9.17, 15) is 4.79 Å². The van der Waals surface area contributed by atoms with Crippen LogP contribution in [0.1, 0.15) is 15.9 Å². The molecule has 2 aromatic rings. The Morgan fingerprint density at radius 1 is 1.15 bits per heavy atom. The van der Waals surface area contributed by atoms with E-state index in [4.69, 9.17) is 23.1 Å². The molecule has 2 aromatic carbocycles. The number of anilines is 3. The largest absolute Gasteiger partial charge is 0.397 e. The molecule has 0 fully saturated rings. The van der Waals surface area contributed by atoms with Crippen LogP contribution < -0.4 is 16.8 Å². The standard InChI is InChI=1S/C15H14ClN3O/c16-8-7-10-3-1-4-11(9-10)19-15(20)12-5-2-6-13(17)14(12)18/h1-9H,17-18H2,(H,19,20). The van der Waals surface area contributed by atoms with Gasteiger partial charge in [0.1, 0.15) is 0 Å². The maximum Gasteiger partial charge on any atom is 0.257 e. The zero-order chi connectivity index (χ0) is 14.5. The summed E-state index contributed by atoms with van der Waals surface area (Å²) in [6.07, 6.45) is 1.73. The normalized spacial score (nSPS) is 10.7. The quantitative estimate of drug-likeness (QED) is 0.758. The molecule has 0 atom stereocenters. The highest BCUT2D eigenvalue weighted by atomic mass is 35.5. The first-order valence-corrected chi connectivity index (χ1v) is 6.37. The number of para-hydroxylation sites is 1. The summed E-state index contributed by atoms with van der Waals surface area (Å²) in [5.74, 6) is -0.304. The Morgan fingerprint density at radius 3 is 2.65 bits per heavy atom. The topological polar surface area (TPSA) is 81.1 Å². The highest BCUT2D eigenvalue weighted by Crippen LogP contribution is 2.21. The van der Waals surface area contributed by atoms with Crippen molar-refractivity contribution in [2.45, 2.75) is 0 Å². The third-order valence-electron chi connectivity index (χ3n) is 2.78. The number of rotatable bonds is 3. The van der Waals surface area contributed by atoms with Gasteiger partial charge in [-0.05, 0) is 35.9 Å². The van der Waals surface area contributed by atoms with E-state index in [2.05, 4.69) is 5.32 Å². The minimum atomic E-state index is -0.304. The van der Waals surface area contributed by atoms with Crippen LogP contribution in [0.3, 0.4) is 0 Å². The van der Waals surface area contributed by atoms with Crippen molar-refractivity contribution in [3.05, 3.63) is 59.1 Å². The van der Waals surface area contributed by atoms with E-state index in [0.29, 0.717) is 16.9 Å². The summed E-state index contributed by atoms with van der Waals surface area (Å²) in [5.41, 5.74) is 15.5. The van der Waals surface area contributed by atoms with E-state index in [0.717, 1.165) is 5.56 Å². The van der Waals surface area contributed by atoms with Gasteiger partial charge in [0.25, 0.3) is 5.91 Å². The van der Waals surface area contributed by atoms with Gasteiger partial charge in [0.2, 0.25) is 0 Å². The van der Waals surface area contributed by atoms with Gasteiger partial charge in [0, 0.05) is 11.2 Å². The van der Waals surface area contributed by atoms with Crippen LogP contribution in [0, 0.1) is 0 Å². The van der Waals surface area contributed by atoms with E-state index in [1.165, 1.54) is 5.54 Å². The van der Waals surface area contributed by atoms with Crippen molar-refractivity contribution >= 4 is 40.6 Å². The number of halogens is 1. The summed E-state index contributed by atoms with van der Waals surface area (Å²) in [7, 11) is 0. The average Bonchev–Trinajstić information content (AvgIpc) is 2.42. The minimum Gasteiger partial charge on any atom is -0.397 e. The summed E-state index contributed by atoms with van der Waals surface area (Å²) in [6.45, 7) is 0. The summed E-state index contributed by atoms with van der Waals surface area (Å²) in [4.78, 5) is 12.2. The van der Waals surface area contributed by atoms with E-state index in [1.807, 2.05) is 12.1 Å². The zero-order valence-corrected chi connectivity index (χ0v) is 11.4. The van der Waals surface area contributed by atoms with Gasteiger partial charge in [-0.25, -0.2) is 0 Å². The summed E-state index contributed by atoms with van der Waals surface area (Å²) in [5, 5.41) is 2.77. The number of amides is 1. The first-order valence-electron chi connectivity index (χ1n) is 5.94. The van der Waals surface area contributed by atoms with Crippen molar-refractivity contribution in [3.63, 3.8) is 0 Å². The highest BCUT2D eigenvalue weighted by Gasteiger charge is 2.11. The summed E-state index contributed by atoms with van der Waals surface area (Å²) < 4.78 is 0. The summed E-state index contributed by atoms with van der Waals surface area (Å²) >= 11 is 5.53. The predicted molar refractivity (Wildman–Crippen MR) is 84.5 cm³/mol. The zero-order valence-electron chi connectivity index (χ0n) is 10.6. The Labute approximate surface area is 122 Å². The van der Waals surface area contributed by atoms with Gasteiger partial charge >= 0.3 is 0 Å². The third kappa shape index (κ3) is 3.10. The highest BCUT2D eigenvalue weighted by molar-refractivity contribution is 6.27. The number of nitrogen functional groups attached to an aromatic ring is 2. The van der Waals surface area contributed by atoms with Gasteiger partial charge in [-0.2, -0.15) is 0 Å². The number of nitrogens with one attached hydrogen (secondary N) is 1. The molecule has 2 rings (SSSR count). The molecule has 0 aliphatic carbocycles. The first kappa shape index (κ1) is 14.0. The number of carbonyl (C=O) groups excluding carboxylic acids is 1. The Kier molecular flexibility index (Phi) is 4.27. The molecule has 0 saturated heterocycles. The molecule has 0 spiro atoms. The Balaban J connectivity index is 2.23. The second kappa shape index (κ2) is 6.12. The van der Waals surface area contributed by atoms with Crippen molar-refractivity contribution in [2.24, 2.45) is 0 Å². The number of hydrogen-bond donors (Lipinski definition) is 3. The molecule has 0 aliphatic rings. The van der Waals surface area contributed by atoms with Crippen molar-refractivity contribution in [1.29, 1.82) is 0 Å². The number of nitrogens with two attached hydrogens (primary N) is 2. The SMILES string of the molecule is Nc1cccc(C(=O)Nc2cccc(C=CCl)c2)c1N. The van der Waals surface area contributed by atoms with Gasteiger partial charge in [-0.15, -0.1) is 0 Å². The van der Waals surface area contributed by atoms with E-state index >= 15 is 0 Å². The molecule has 0 bridgehead atoms. The Bertz CT molecular complexity index is 668. The number of carbonyl (C=O) groups is 1. The minimum absolute atomic E-state index is 0.279. The van der Waals surface area contributed by atoms with E-state index < -0.39 is 0 Å². The van der Waals surface area contributed by atoms with E-state index in [1.54, 1.807) is 36.4 Å². The first-order chi connectivity index (χ1) is 9.61. The van der Waals surface area contributed by atoms with Crippen molar-refractivity contribution in [1.82, 2.24) is 0 Å². The van der Waals surface area contributed by atoms with Gasteiger partial charge < -0.3 is 16.8 Å². The average molecular weight is 288 g/mol. The second-order valence-electron chi connectivity index (χ2n) is 4.18. The predicted octanol–water partition coefficient (Wildman–Crippen LogP) is 3.31. The molecule has 0 unspecified atom stereocenters. The fourth-order valence-corrected chi connectivity index (χ4v) is 1.92. The molecule has 0 heterocycles. The molecular weight excluding hydrogens is 274 g/mol. The van der Waals surface area contributed by atoms with Gasteiger partial charge in [-0.3, -0.25) is 4.79 Å². The molecule has 102 valence electrons.